The zero-order valence-corrected chi connectivity index (χ0v) is 20.0. The van der Waals surface area contributed by atoms with Crippen LogP contribution in [0.15, 0.2) is 48.5 Å². The summed E-state index contributed by atoms with van der Waals surface area (Å²) in [6.45, 7) is 0.652. The highest BCUT2D eigenvalue weighted by Gasteiger charge is 2.29. The number of carbonyl (C=O) groups excluding carboxylic acids is 2. The molecule has 2 amide bonds. The Morgan fingerprint density at radius 3 is 2.49 bits per heavy atom. The minimum atomic E-state index is -0.853. The molecule has 9 heteroatoms. The Kier molecular flexibility index (Phi) is 7.83. The number of benzene rings is 2. The molecule has 1 aromatic heterocycles. The number of halogens is 2. The summed E-state index contributed by atoms with van der Waals surface area (Å²) in [5.41, 5.74) is 12.5. The Hall–Kier alpha value is -3.23. The molecule has 6 N–H and O–H groups in total. The summed E-state index contributed by atoms with van der Waals surface area (Å²) in [5.74, 6) is -0.750. The predicted octanol–water partition coefficient (Wildman–Crippen LogP) is 4.13. The van der Waals surface area contributed by atoms with Crippen LogP contribution in [0.5, 0.6) is 0 Å². The third-order valence-corrected chi connectivity index (χ3v) is 6.94. The Morgan fingerprint density at radius 2 is 1.86 bits per heavy atom. The summed E-state index contributed by atoms with van der Waals surface area (Å²) in [6, 6.07) is 13.3. The average Bonchev–Trinajstić information content (AvgIpc) is 3.25. The summed E-state index contributed by atoms with van der Waals surface area (Å²) in [6.07, 6.45) is 4.01. The lowest BCUT2D eigenvalue weighted by Gasteiger charge is -2.28. The van der Waals surface area contributed by atoms with Gasteiger partial charge in [0, 0.05) is 11.5 Å². The topological polar surface area (TPSA) is 127 Å². The van der Waals surface area contributed by atoms with E-state index in [4.69, 9.17) is 23.1 Å². The molecule has 1 heterocycles. The molecule has 3 aromatic rings. The van der Waals surface area contributed by atoms with Crippen LogP contribution in [0.4, 0.5) is 4.39 Å². The van der Waals surface area contributed by atoms with Crippen molar-refractivity contribution in [3.8, 4) is 11.3 Å². The van der Waals surface area contributed by atoms with Crippen molar-refractivity contribution in [3.63, 3.8) is 0 Å². The maximum absolute atomic E-state index is 14.4. The van der Waals surface area contributed by atoms with E-state index in [0.717, 1.165) is 31.2 Å². The molecule has 0 bridgehead atoms. The second-order valence-electron chi connectivity index (χ2n) is 9.05. The van der Waals surface area contributed by atoms with E-state index >= 15 is 0 Å². The first-order valence-electron chi connectivity index (χ1n) is 11.7. The third-order valence-electron chi connectivity index (χ3n) is 6.67. The molecular formula is C26H29ClFN5O2. The van der Waals surface area contributed by atoms with E-state index in [1.54, 1.807) is 0 Å². The van der Waals surface area contributed by atoms with Crippen molar-refractivity contribution in [2.75, 3.05) is 6.54 Å². The minimum Gasteiger partial charge on any atom is -0.366 e. The van der Waals surface area contributed by atoms with Crippen molar-refractivity contribution in [1.82, 2.24) is 15.3 Å². The smallest absolute Gasteiger partial charge is 0.251 e. The van der Waals surface area contributed by atoms with Crippen molar-refractivity contribution in [2.24, 2.45) is 23.3 Å². The van der Waals surface area contributed by atoms with E-state index in [0.29, 0.717) is 36.0 Å². The van der Waals surface area contributed by atoms with Gasteiger partial charge in [-0.1, -0.05) is 48.0 Å². The number of amides is 2. The van der Waals surface area contributed by atoms with E-state index in [9.17, 15) is 14.0 Å². The van der Waals surface area contributed by atoms with E-state index in [1.165, 1.54) is 18.2 Å². The van der Waals surface area contributed by atoms with Gasteiger partial charge in [0.25, 0.3) is 5.91 Å². The first kappa shape index (κ1) is 24.9. The molecule has 184 valence electrons. The quantitative estimate of drug-likeness (QED) is 0.373. The van der Waals surface area contributed by atoms with Crippen LogP contribution in [0, 0.1) is 17.7 Å². The van der Waals surface area contributed by atoms with Crippen LogP contribution in [0.1, 0.15) is 53.5 Å². The zero-order chi connectivity index (χ0) is 24.9. The zero-order valence-electron chi connectivity index (χ0n) is 19.3. The minimum absolute atomic E-state index is 0.0210. The van der Waals surface area contributed by atoms with Crippen LogP contribution in [-0.4, -0.2) is 28.3 Å². The largest absolute Gasteiger partial charge is 0.366 e. The average molecular weight is 498 g/mol. The molecule has 0 radical (unpaired) electrons. The molecule has 1 aliphatic rings. The van der Waals surface area contributed by atoms with Gasteiger partial charge in [0.15, 0.2) is 0 Å². The normalized spacial score (nSPS) is 18.7. The molecular weight excluding hydrogens is 469 g/mol. The predicted molar refractivity (Wildman–Crippen MR) is 133 cm³/mol. The van der Waals surface area contributed by atoms with Crippen molar-refractivity contribution in [2.45, 2.75) is 38.1 Å². The van der Waals surface area contributed by atoms with Gasteiger partial charge in [0.2, 0.25) is 5.91 Å². The molecule has 1 fully saturated rings. The molecule has 0 saturated heterocycles. The fourth-order valence-corrected chi connectivity index (χ4v) is 4.85. The number of primary amides is 1. The molecule has 1 aliphatic carbocycles. The van der Waals surface area contributed by atoms with E-state index in [1.807, 2.05) is 30.3 Å². The SMILES string of the molecule is NCC1CCC(C(=O)N[C@@H](Cc2ccccc2)c2nc(-c3ccc(C(N)=O)c(F)c3)c(Cl)[nH]2)CC1. The Balaban J connectivity index is 1.59. The van der Waals surface area contributed by atoms with Gasteiger partial charge in [0.05, 0.1) is 11.6 Å². The fourth-order valence-electron chi connectivity index (χ4n) is 4.60. The number of rotatable bonds is 8. The molecule has 4 rings (SSSR count). The van der Waals surface area contributed by atoms with Gasteiger partial charge in [0.1, 0.15) is 22.5 Å². The second-order valence-corrected chi connectivity index (χ2v) is 9.43. The third kappa shape index (κ3) is 5.89. The standard InChI is InChI=1S/C26H29ClFN5O2/c27-23-22(18-10-11-19(24(30)34)20(28)13-18)32-25(33-23)21(12-15-4-2-1-3-5-15)31-26(35)17-8-6-16(14-29)7-9-17/h1-5,10-11,13,16-17,21H,6-9,12,14,29H2,(H2,30,34)(H,31,35)(H,32,33)/t16?,17?,21-/m0/s1. The lowest BCUT2D eigenvalue weighted by Crippen LogP contribution is -2.37. The molecule has 0 spiro atoms. The summed E-state index contributed by atoms with van der Waals surface area (Å²) >= 11 is 6.44. The van der Waals surface area contributed by atoms with Gasteiger partial charge in [-0.25, -0.2) is 9.37 Å². The van der Waals surface area contributed by atoms with Crippen LogP contribution >= 0.6 is 11.6 Å². The van der Waals surface area contributed by atoms with Crippen LogP contribution in [0.2, 0.25) is 5.15 Å². The highest BCUT2D eigenvalue weighted by atomic mass is 35.5. The number of aromatic nitrogens is 2. The van der Waals surface area contributed by atoms with E-state index in [2.05, 4.69) is 15.3 Å². The maximum Gasteiger partial charge on any atom is 0.251 e. The maximum atomic E-state index is 14.4. The Morgan fingerprint density at radius 1 is 1.14 bits per heavy atom. The van der Waals surface area contributed by atoms with Crippen molar-refractivity contribution < 1.29 is 14.0 Å². The first-order valence-corrected chi connectivity index (χ1v) is 12.1. The van der Waals surface area contributed by atoms with Gasteiger partial charge in [-0.15, -0.1) is 0 Å². The highest BCUT2D eigenvalue weighted by Crippen LogP contribution is 2.31. The molecule has 1 atom stereocenters. The number of nitrogens with one attached hydrogen (secondary N) is 2. The Labute approximate surface area is 208 Å². The highest BCUT2D eigenvalue weighted by molar-refractivity contribution is 6.31. The summed E-state index contributed by atoms with van der Waals surface area (Å²) in [5, 5.41) is 3.36. The van der Waals surface area contributed by atoms with Crippen LogP contribution < -0.4 is 16.8 Å². The fraction of sp³-hybridized carbons (Fsp3) is 0.346. The first-order chi connectivity index (χ1) is 16.9. The second kappa shape index (κ2) is 11.0. The lowest BCUT2D eigenvalue weighted by atomic mass is 9.81. The number of nitrogens with zero attached hydrogens (tertiary/aromatic N) is 1. The van der Waals surface area contributed by atoms with Gasteiger partial charge in [-0.05, 0) is 62.3 Å². The molecule has 35 heavy (non-hydrogen) atoms. The van der Waals surface area contributed by atoms with Gasteiger partial charge in [-0.3, -0.25) is 9.59 Å². The van der Waals surface area contributed by atoms with E-state index in [-0.39, 0.29) is 22.5 Å². The van der Waals surface area contributed by atoms with E-state index < -0.39 is 17.8 Å². The van der Waals surface area contributed by atoms with Gasteiger partial charge < -0.3 is 21.8 Å². The molecule has 0 aliphatic heterocycles. The number of nitrogens with two attached hydrogens (primary N) is 2. The summed E-state index contributed by atoms with van der Waals surface area (Å²) in [7, 11) is 0. The molecule has 2 aromatic carbocycles. The van der Waals surface area contributed by atoms with Crippen molar-refractivity contribution in [1.29, 1.82) is 0 Å². The number of aromatic amines is 1. The van der Waals surface area contributed by atoms with Crippen molar-refractivity contribution in [3.05, 3.63) is 76.5 Å². The number of carbonyl (C=O) groups is 2. The number of hydrogen-bond acceptors (Lipinski definition) is 4. The van der Waals surface area contributed by atoms with Crippen LogP contribution in [0.25, 0.3) is 11.3 Å². The van der Waals surface area contributed by atoms with Gasteiger partial charge in [-0.2, -0.15) is 0 Å². The number of hydrogen-bond donors (Lipinski definition) is 4. The molecule has 7 nitrogen and oxygen atoms in total. The summed E-state index contributed by atoms with van der Waals surface area (Å²) in [4.78, 5) is 32.2. The lowest BCUT2D eigenvalue weighted by molar-refractivity contribution is -0.127. The Bertz CT molecular complexity index is 1190. The van der Waals surface area contributed by atoms with Crippen LogP contribution in [-0.2, 0) is 11.2 Å². The monoisotopic (exact) mass is 497 g/mol. The summed E-state index contributed by atoms with van der Waals surface area (Å²) < 4.78 is 14.4. The number of imidazole rings is 1. The van der Waals surface area contributed by atoms with Gasteiger partial charge >= 0.3 is 0 Å². The molecule has 1 saturated carbocycles. The molecule has 0 unspecified atom stereocenters. The number of H-pyrrole nitrogens is 1. The van der Waals surface area contributed by atoms with Crippen LogP contribution in [0.3, 0.4) is 0 Å². The van der Waals surface area contributed by atoms with Crippen molar-refractivity contribution >= 4 is 23.4 Å².